The molecule has 1 saturated heterocycles. The molecule has 10 heavy (non-hydrogen) atoms. The maximum Gasteiger partial charge on any atom is 0.0799 e. The molecule has 0 aromatic rings. The van der Waals surface area contributed by atoms with Crippen molar-refractivity contribution in [1.29, 1.82) is 0 Å². The van der Waals surface area contributed by atoms with Crippen LogP contribution in [0.3, 0.4) is 0 Å². The molecule has 2 atom stereocenters. The summed E-state index contributed by atoms with van der Waals surface area (Å²) in [6.07, 6.45) is 0.799. The Kier molecular flexibility index (Phi) is 2.65. The third-order valence-electron chi connectivity index (χ3n) is 1.63. The van der Waals surface area contributed by atoms with Crippen molar-refractivity contribution in [3.8, 4) is 0 Å². The minimum absolute atomic E-state index is 0.232. The van der Waals surface area contributed by atoms with Crippen LogP contribution in [0.2, 0.25) is 0 Å². The van der Waals surface area contributed by atoms with Gasteiger partial charge in [-0.15, -0.1) is 0 Å². The van der Waals surface area contributed by atoms with Gasteiger partial charge in [-0.1, -0.05) is 0 Å². The van der Waals surface area contributed by atoms with E-state index in [4.69, 9.17) is 9.84 Å². The summed E-state index contributed by atoms with van der Waals surface area (Å²) < 4.78 is 5.28. The summed E-state index contributed by atoms with van der Waals surface area (Å²) in [5.74, 6) is 0. The van der Waals surface area contributed by atoms with Crippen LogP contribution < -0.4 is 0 Å². The third-order valence-corrected chi connectivity index (χ3v) is 1.63. The third kappa shape index (κ3) is 2.25. The van der Waals surface area contributed by atoms with E-state index in [1.165, 1.54) is 0 Å². The van der Waals surface area contributed by atoms with Crippen LogP contribution >= 0.6 is 0 Å². The Bertz CT molecular complexity index is 106. The van der Waals surface area contributed by atoms with E-state index in [0.717, 1.165) is 13.0 Å². The Labute approximate surface area is 61.6 Å². The van der Waals surface area contributed by atoms with Crippen molar-refractivity contribution in [3.63, 3.8) is 0 Å². The lowest BCUT2D eigenvalue weighted by Crippen LogP contribution is -2.25. The molecule has 0 spiro atoms. The minimum Gasteiger partial charge on any atom is -0.391 e. The fourth-order valence-corrected chi connectivity index (χ4v) is 1.22. The van der Waals surface area contributed by atoms with E-state index in [0.29, 0.717) is 6.61 Å². The van der Waals surface area contributed by atoms with Crippen molar-refractivity contribution < 1.29 is 9.84 Å². The smallest absolute Gasteiger partial charge is 0.0799 e. The summed E-state index contributed by atoms with van der Waals surface area (Å²) in [7, 11) is 4.02. The highest BCUT2D eigenvalue weighted by Crippen LogP contribution is 2.12. The van der Waals surface area contributed by atoms with Gasteiger partial charge in [-0.05, 0) is 14.1 Å². The number of aliphatic hydroxyl groups excluding tert-OH is 1. The van der Waals surface area contributed by atoms with E-state index in [9.17, 15) is 0 Å². The van der Waals surface area contributed by atoms with Crippen molar-refractivity contribution in [1.82, 2.24) is 4.90 Å². The molecule has 0 bridgehead atoms. The molecule has 0 radical (unpaired) electrons. The lowest BCUT2D eigenvalue weighted by atomic mass is 10.2. The average Bonchev–Trinajstić information content (AvgIpc) is 2.13. The number of likely N-dealkylation sites (N-methyl/N-ethyl adjacent to an activating group) is 1. The Balaban J connectivity index is 2.18. The first-order valence-electron chi connectivity index (χ1n) is 3.63. The second-order valence-electron chi connectivity index (χ2n) is 3.11. The fraction of sp³-hybridized carbons (Fsp3) is 1.00. The highest BCUT2D eigenvalue weighted by atomic mass is 16.5. The molecule has 3 nitrogen and oxygen atoms in total. The summed E-state index contributed by atoms with van der Waals surface area (Å²) in [6.45, 7) is 1.43. The molecule has 1 N–H and O–H groups in total. The van der Waals surface area contributed by atoms with Gasteiger partial charge in [-0.2, -0.15) is 0 Å². The number of hydrogen-bond donors (Lipinski definition) is 1. The van der Waals surface area contributed by atoms with Gasteiger partial charge in [0.1, 0.15) is 0 Å². The molecule has 0 aromatic carbocycles. The number of aliphatic hydroxyl groups is 1. The zero-order valence-electron chi connectivity index (χ0n) is 6.58. The molecule has 0 aromatic heterocycles. The minimum atomic E-state index is -0.232. The Morgan fingerprint density at radius 1 is 1.60 bits per heavy atom. The number of ether oxygens (including phenoxy) is 1. The van der Waals surface area contributed by atoms with Gasteiger partial charge in [0.05, 0.1) is 18.8 Å². The van der Waals surface area contributed by atoms with E-state index in [-0.39, 0.29) is 12.2 Å². The van der Waals surface area contributed by atoms with Crippen molar-refractivity contribution in [3.05, 3.63) is 0 Å². The van der Waals surface area contributed by atoms with Gasteiger partial charge in [0.15, 0.2) is 0 Å². The Hall–Kier alpha value is -0.120. The van der Waals surface area contributed by atoms with E-state index in [2.05, 4.69) is 4.90 Å². The first-order chi connectivity index (χ1) is 4.68. The van der Waals surface area contributed by atoms with Gasteiger partial charge in [0.25, 0.3) is 0 Å². The van der Waals surface area contributed by atoms with Gasteiger partial charge in [0, 0.05) is 13.0 Å². The van der Waals surface area contributed by atoms with Crippen molar-refractivity contribution in [2.75, 3.05) is 27.2 Å². The lowest BCUT2D eigenvalue weighted by molar-refractivity contribution is 0.0738. The molecule has 1 fully saturated rings. The molecule has 0 saturated carbocycles. The summed E-state index contributed by atoms with van der Waals surface area (Å²) in [4.78, 5) is 2.07. The van der Waals surface area contributed by atoms with Crippen molar-refractivity contribution in [2.45, 2.75) is 18.6 Å². The van der Waals surface area contributed by atoms with Crippen LogP contribution in [0.15, 0.2) is 0 Å². The van der Waals surface area contributed by atoms with Gasteiger partial charge < -0.3 is 14.7 Å². The monoisotopic (exact) mass is 145 g/mol. The van der Waals surface area contributed by atoms with Crippen molar-refractivity contribution in [2.24, 2.45) is 0 Å². The zero-order chi connectivity index (χ0) is 7.56. The quantitative estimate of drug-likeness (QED) is 0.579. The van der Waals surface area contributed by atoms with Crippen LogP contribution in [0.1, 0.15) is 6.42 Å². The van der Waals surface area contributed by atoms with E-state index >= 15 is 0 Å². The number of rotatable bonds is 2. The molecular weight excluding hydrogens is 130 g/mol. The maximum absolute atomic E-state index is 9.07. The summed E-state index contributed by atoms with van der Waals surface area (Å²) in [5, 5.41) is 9.07. The predicted octanol–water partition coefficient (Wildman–Crippen LogP) is -0.302. The van der Waals surface area contributed by atoms with Crippen LogP contribution in [-0.4, -0.2) is 49.5 Å². The van der Waals surface area contributed by atoms with E-state index < -0.39 is 0 Å². The molecule has 1 rings (SSSR count). The fourth-order valence-electron chi connectivity index (χ4n) is 1.22. The first-order valence-corrected chi connectivity index (χ1v) is 3.63. The molecule has 1 aliphatic heterocycles. The molecule has 1 heterocycles. The number of nitrogens with zero attached hydrogens (tertiary/aromatic N) is 1. The molecule has 0 unspecified atom stereocenters. The second-order valence-corrected chi connectivity index (χ2v) is 3.11. The topological polar surface area (TPSA) is 32.7 Å². The highest BCUT2D eigenvalue weighted by Gasteiger charge is 2.23. The van der Waals surface area contributed by atoms with Crippen LogP contribution in [-0.2, 0) is 4.74 Å². The molecule has 3 heteroatoms. The van der Waals surface area contributed by atoms with Gasteiger partial charge in [-0.3, -0.25) is 0 Å². The second kappa shape index (κ2) is 3.32. The zero-order valence-corrected chi connectivity index (χ0v) is 6.58. The molecule has 0 amide bonds. The summed E-state index contributed by atoms with van der Waals surface area (Å²) in [6, 6.07) is 0. The molecular formula is C7H15NO2. The first kappa shape index (κ1) is 7.98. The lowest BCUT2D eigenvalue weighted by Gasteiger charge is -2.14. The van der Waals surface area contributed by atoms with Crippen LogP contribution in [0.4, 0.5) is 0 Å². The summed E-state index contributed by atoms with van der Waals surface area (Å²) >= 11 is 0. The predicted molar refractivity (Wildman–Crippen MR) is 38.9 cm³/mol. The molecule has 1 aliphatic rings. The molecule has 0 aliphatic carbocycles. The van der Waals surface area contributed by atoms with Crippen molar-refractivity contribution >= 4 is 0 Å². The number of hydrogen-bond acceptors (Lipinski definition) is 3. The maximum atomic E-state index is 9.07. The van der Waals surface area contributed by atoms with Crippen LogP contribution in [0.5, 0.6) is 0 Å². The largest absolute Gasteiger partial charge is 0.391 e. The standard InChI is InChI=1S/C7H15NO2/c1-8(2)4-7-3-6(9)5-10-7/h6-7,9H,3-5H2,1-2H3/t6-,7-/m0/s1. The Morgan fingerprint density at radius 3 is 2.70 bits per heavy atom. The average molecular weight is 145 g/mol. The normalized spacial score (nSPS) is 33.6. The summed E-state index contributed by atoms with van der Waals surface area (Å²) in [5.41, 5.74) is 0. The molecule has 60 valence electrons. The van der Waals surface area contributed by atoms with Crippen LogP contribution in [0.25, 0.3) is 0 Å². The van der Waals surface area contributed by atoms with E-state index in [1.54, 1.807) is 0 Å². The van der Waals surface area contributed by atoms with E-state index in [1.807, 2.05) is 14.1 Å². The van der Waals surface area contributed by atoms with Gasteiger partial charge in [0.2, 0.25) is 0 Å². The Morgan fingerprint density at radius 2 is 2.30 bits per heavy atom. The van der Waals surface area contributed by atoms with Crippen LogP contribution in [0, 0.1) is 0 Å². The SMILES string of the molecule is CN(C)C[C@@H]1C[C@H](O)CO1. The van der Waals surface area contributed by atoms with Gasteiger partial charge in [-0.25, -0.2) is 0 Å². The highest BCUT2D eigenvalue weighted by molar-refractivity contribution is 4.73. The van der Waals surface area contributed by atoms with Gasteiger partial charge >= 0.3 is 0 Å².